The van der Waals surface area contributed by atoms with Crippen LogP contribution in [0.15, 0.2) is 0 Å². The molecule has 4 fully saturated rings. The maximum atomic E-state index is 2.48. The first kappa shape index (κ1) is 4.79. The molecular weight excluding hydrogens is 120 g/mol. The number of hydrogen-bond acceptors (Lipinski definition) is 0. The predicted molar refractivity (Wildman–Crippen MR) is 39.4 cm³/mol. The van der Waals surface area contributed by atoms with Crippen LogP contribution >= 0.6 is 0 Å². The second-order valence-electron chi connectivity index (χ2n) is 5.15. The Morgan fingerprint density at radius 1 is 1.30 bits per heavy atom. The molecule has 4 saturated carbocycles. The molecule has 0 aromatic heterocycles. The van der Waals surface area contributed by atoms with Gasteiger partial charge in [-0.25, -0.2) is 0 Å². The Balaban J connectivity index is 1.82. The molecule has 5 unspecified atom stereocenters. The molecule has 6 atom stereocenters. The van der Waals surface area contributed by atoms with E-state index in [1.807, 2.05) is 0 Å². The third kappa shape index (κ3) is 0.245. The number of hydrogen-bond donors (Lipinski definition) is 0. The topological polar surface area (TPSA) is 0 Å². The molecule has 0 aromatic carbocycles. The minimum Gasteiger partial charge on any atom is -0.0619 e. The number of fused-ring (bicyclic) bond motifs is 2. The smallest absolute Gasteiger partial charge is 0.0201 e. The van der Waals surface area contributed by atoms with Crippen molar-refractivity contribution in [1.82, 2.24) is 0 Å². The first-order valence-electron chi connectivity index (χ1n) is 4.86. The van der Waals surface area contributed by atoms with Gasteiger partial charge in [0, 0.05) is 0 Å². The van der Waals surface area contributed by atoms with Gasteiger partial charge in [-0.15, -0.1) is 0 Å². The lowest BCUT2D eigenvalue weighted by molar-refractivity contribution is 0.242. The highest BCUT2D eigenvalue weighted by molar-refractivity contribution is 5.31. The Morgan fingerprint density at radius 3 is 2.80 bits per heavy atom. The van der Waals surface area contributed by atoms with Gasteiger partial charge in [-0.2, -0.15) is 0 Å². The van der Waals surface area contributed by atoms with E-state index in [1.165, 1.54) is 23.7 Å². The van der Waals surface area contributed by atoms with Gasteiger partial charge in [0.05, 0.1) is 0 Å². The van der Waals surface area contributed by atoms with Crippen molar-refractivity contribution in [1.29, 1.82) is 0 Å². The molecule has 4 rings (SSSR count). The summed E-state index contributed by atoms with van der Waals surface area (Å²) in [6.07, 6.45) is 4.85. The van der Waals surface area contributed by atoms with E-state index in [0.29, 0.717) is 0 Å². The largest absolute Gasteiger partial charge is 0.0619 e. The van der Waals surface area contributed by atoms with Crippen molar-refractivity contribution < 1.29 is 0 Å². The standard InChI is InChI=1S/C10H14/c1-5-6-4-8-7-2-3-10(7,8)9(5)6/h5-9H,2-4H2,1H3/t5?,6?,7?,8-,9?,10?/m1/s1. The molecule has 0 nitrogen and oxygen atoms in total. The molecule has 0 radical (unpaired) electrons. The van der Waals surface area contributed by atoms with Gasteiger partial charge in [0.2, 0.25) is 0 Å². The molecule has 10 heavy (non-hydrogen) atoms. The Morgan fingerprint density at radius 2 is 2.20 bits per heavy atom. The SMILES string of the molecule is CC1C2C[C@@H]3C4CCC43C12. The molecule has 0 aromatic rings. The average Bonchev–Trinajstić information content (AvgIpc) is 2.59. The lowest BCUT2D eigenvalue weighted by Crippen LogP contribution is -2.17. The zero-order chi connectivity index (χ0) is 6.51. The summed E-state index contributed by atoms with van der Waals surface area (Å²) in [6, 6.07) is 0. The van der Waals surface area contributed by atoms with Crippen LogP contribution in [0, 0.1) is 35.0 Å². The second kappa shape index (κ2) is 1.00. The van der Waals surface area contributed by atoms with E-state index in [4.69, 9.17) is 0 Å². The van der Waals surface area contributed by atoms with Gasteiger partial charge in [-0.3, -0.25) is 0 Å². The quantitative estimate of drug-likeness (QED) is 0.477. The minimum atomic E-state index is 1.00. The molecule has 0 amide bonds. The van der Waals surface area contributed by atoms with Crippen molar-refractivity contribution in [2.45, 2.75) is 26.2 Å². The van der Waals surface area contributed by atoms with Gasteiger partial charge < -0.3 is 0 Å². The fraction of sp³-hybridized carbons (Fsp3) is 1.00. The summed E-state index contributed by atoms with van der Waals surface area (Å²) >= 11 is 0. The normalized spacial score (nSPS) is 80.7. The van der Waals surface area contributed by atoms with Gasteiger partial charge in [-0.1, -0.05) is 6.92 Å². The first-order chi connectivity index (χ1) is 4.86. The Hall–Kier alpha value is 0. The van der Waals surface area contributed by atoms with Crippen LogP contribution in [0.25, 0.3) is 0 Å². The maximum absolute atomic E-state index is 2.48. The lowest BCUT2D eigenvalue weighted by atomic mass is 9.80. The zero-order valence-corrected chi connectivity index (χ0v) is 6.51. The second-order valence-corrected chi connectivity index (χ2v) is 5.15. The molecule has 0 N–H and O–H groups in total. The molecule has 0 saturated heterocycles. The molecule has 0 heterocycles. The summed E-state index contributed by atoms with van der Waals surface area (Å²) in [5, 5.41) is 0. The minimum absolute atomic E-state index is 1.00. The molecule has 0 bridgehead atoms. The summed E-state index contributed by atoms with van der Waals surface area (Å²) in [7, 11) is 0. The van der Waals surface area contributed by atoms with Crippen molar-refractivity contribution in [3.8, 4) is 0 Å². The van der Waals surface area contributed by atoms with Crippen LogP contribution in [0.1, 0.15) is 26.2 Å². The Kier molecular flexibility index (Phi) is 0.479. The lowest BCUT2D eigenvalue weighted by Gasteiger charge is -2.25. The van der Waals surface area contributed by atoms with E-state index in [2.05, 4.69) is 6.92 Å². The summed E-state index contributed by atoms with van der Waals surface area (Å²) in [5.41, 5.74) is 1.00. The maximum Gasteiger partial charge on any atom is -0.0201 e. The third-order valence-corrected chi connectivity index (χ3v) is 5.35. The first-order valence-corrected chi connectivity index (χ1v) is 4.86. The third-order valence-electron chi connectivity index (χ3n) is 5.35. The van der Waals surface area contributed by atoms with Crippen LogP contribution in [0.4, 0.5) is 0 Å². The Labute approximate surface area is 62.0 Å². The summed E-state index contributed by atoms with van der Waals surface area (Å²) < 4.78 is 0. The predicted octanol–water partition coefficient (Wildman–Crippen LogP) is 2.30. The van der Waals surface area contributed by atoms with Crippen LogP contribution in [0.3, 0.4) is 0 Å². The average molecular weight is 134 g/mol. The summed E-state index contributed by atoms with van der Waals surface area (Å²) in [6.45, 7) is 2.48. The van der Waals surface area contributed by atoms with Crippen molar-refractivity contribution in [3.05, 3.63) is 0 Å². The molecule has 1 spiro atoms. The van der Waals surface area contributed by atoms with Crippen LogP contribution in [-0.2, 0) is 0 Å². The van der Waals surface area contributed by atoms with Gasteiger partial charge in [0.25, 0.3) is 0 Å². The van der Waals surface area contributed by atoms with Crippen molar-refractivity contribution >= 4 is 0 Å². The van der Waals surface area contributed by atoms with Gasteiger partial charge in [0.1, 0.15) is 0 Å². The van der Waals surface area contributed by atoms with Gasteiger partial charge >= 0.3 is 0 Å². The molecule has 54 valence electrons. The highest BCUT2D eigenvalue weighted by Crippen LogP contribution is 2.89. The van der Waals surface area contributed by atoms with E-state index < -0.39 is 0 Å². The van der Waals surface area contributed by atoms with Crippen molar-refractivity contribution in [3.63, 3.8) is 0 Å². The van der Waals surface area contributed by atoms with Crippen molar-refractivity contribution in [2.24, 2.45) is 35.0 Å². The zero-order valence-electron chi connectivity index (χ0n) is 6.51. The van der Waals surface area contributed by atoms with E-state index in [-0.39, 0.29) is 0 Å². The Bertz CT molecular complexity index is 220. The van der Waals surface area contributed by atoms with Gasteiger partial charge in [0.15, 0.2) is 0 Å². The number of rotatable bonds is 0. The highest BCUT2D eigenvalue weighted by Gasteiger charge is 2.84. The van der Waals surface area contributed by atoms with E-state index >= 15 is 0 Å². The van der Waals surface area contributed by atoms with E-state index in [9.17, 15) is 0 Å². The van der Waals surface area contributed by atoms with E-state index in [0.717, 1.165) is 11.3 Å². The highest BCUT2D eigenvalue weighted by atomic mass is 14.9. The summed E-state index contributed by atoms with van der Waals surface area (Å²) in [4.78, 5) is 0. The fourth-order valence-corrected chi connectivity index (χ4v) is 4.79. The monoisotopic (exact) mass is 134 g/mol. The van der Waals surface area contributed by atoms with Crippen LogP contribution < -0.4 is 0 Å². The fourth-order valence-electron chi connectivity index (χ4n) is 4.79. The van der Waals surface area contributed by atoms with Crippen LogP contribution in [0.2, 0.25) is 0 Å². The van der Waals surface area contributed by atoms with Crippen LogP contribution in [-0.4, -0.2) is 0 Å². The van der Waals surface area contributed by atoms with Gasteiger partial charge in [-0.05, 0) is 54.3 Å². The van der Waals surface area contributed by atoms with E-state index in [1.54, 1.807) is 19.3 Å². The molecule has 0 heteroatoms. The molecular formula is C10H14. The molecule has 0 aliphatic heterocycles. The molecule has 4 aliphatic carbocycles. The van der Waals surface area contributed by atoms with Crippen molar-refractivity contribution in [2.75, 3.05) is 0 Å². The summed E-state index contributed by atoms with van der Waals surface area (Å²) in [5.74, 6) is 6.08. The van der Waals surface area contributed by atoms with Crippen LogP contribution in [0.5, 0.6) is 0 Å². The molecule has 4 aliphatic rings.